The number of halogens is 1. The van der Waals surface area contributed by atoms with E-state index < -0.39 is 18.1 Å². The first-order valence-corrected chi connectivity index (χ1v) is 4.58. The third-order valence-electron chi connectivity index (χ3n) is 2.17. The molecule has 0 aliphatic carbocycles. The van der Waals surface area contributed by atoms with Gasteiger partial charge in [-0.15, -0.1) is 0 Å². The van der Waals surface area contributed by atoms with Crippen molar-refractivity contribution in [2.45, 2.75) is 26.0 Å². The first-order valence-electron chi connectivity index (χ1n) is 4.58. The SMILES string of the molecule is CC(C)C(N)C(O)c1cccc(F)n1. The first kappa shape index (κ1) is 11.1. The smallest absolute Gasteiger partial charge is 0.213 e. The summed E-state index contributed by atoms with van der Waals surface area (Å²) in [7, 11) is 0. The number of rotatable bonds is 3. The lowest BCUT2D eigenvalue weighted by molar-refractivity contribution is 0.120. The Hall–Kier alpha value is -1.00. The van der Waals surface area contributed by atoms with E-state index in [9.17, 15) is 9.50 Å². The van der Waals surface area contributed by atoms with Gasteiger partial charge >= 0.3 is 0 Å². The summed E-state index contributed by atoms with van der Waals surface area (Å²) in [5, 5.41) is 9.73. The molecule has 14 heavy (non-hydrogen) atoms. The molecule has 1 aromatic heterocycles. The number of hydrogen-bond acceptors (Lipinski definition) is 3. The van der Waals surface area contributed by atoms with Gasteiger partial charge < -0.3 is 10.8 Å². The molecule has 0 saturated carbocycles. The molecule has 0 amide bonds. The van der Waals surface area contributed by atoms with Crippen LogP contribution in [0.25, 0.3) is 0 Å². The van der Waals surface area contributed by atoms with Crippen LogP contribution in [0, 0.1) is 11.9 Å². The van der Waals surface area contributed by atoms with E-state index in [1.165, 1.54) is 12.1 Å². The Labute approximate surface area is 82.8 Å². The molecule has 0 aliphatic heterocycles. The molecule has 1 heterocycles. The van der Waals surface area contributed by atoms with Crippen molar-refractivity contribution >= 4 is 0 Å². The molecule has 0 spiro atoms. The van der Waals surface area contributed by atoms with Crippen molar-refractivity contribution in [1.29, 1.82) is 0 Å². The fourth-order valence-electron chi connectivity index (χ4n) is 1.15. The van der Waals surface area contributed by atoms with Gasteiger partial charge in [0.05, 0.1) is 5.69 Å². The number of nitrogens with zero attached hydrogens (tertiary/aromatic N) is 1. The minimum atomic E-state index is -0.911. The quantitative estimate of drug-likeness (QED) is 0.718. The van der Waals surface area contributed by atoms with Crippen molar-refractivity contribution in [1.82, 2.24) is 4.98 Å². The van der Waals surface area contributed by atoms with Crippen molar-refractivity contribution in [3.05, 3.63) is 29.8 Å². The molecule has 0 fully saturated rings. The van der Waals surface area contributed by atoms with Crippen LogP contribution in [0.2, 0.25) is 0 Å². The van der Waals surface area contributed by atoms with Crippen LogP contribution in [0.3, 0.4) is 0 Å². The molecule has 0 aromatic carbocycles. The van der Waals surface area contributed by atoms with Gasteiger partial charge in [-0.25, -0.2) is 4.98 Å². The Bertz CT molecular complexity index is 304. The highest BCUT2D eigenvalue weighted by molar-refractivity contribution is 5.09. The maximum atomic E-state index is 12.7. The van der Waals surface area contributed by atoms with E-state index in [2.05, 4.69) is 4.98 Å². The van der Waals surface area contributed by atoms with Gasteiger partial charge in [0.25, 0.3) is 0 Å². The standard InChI is InChI=1S/C10H15FN2O/c1-6(2)9(12)10(14)7-4-3-5-8(11)13-7/h3-6,9-10,14H,12H2,1-2H3. The van der Waals surface area contributed by atoms with Crippen molar-refractivity contribution in [2.75, 3.05) is 0 Å². The van der Waals surface area contributed by atoms with E-state index in [4.69, 9.17) is 5.73 Å². The number of aliphatic hydroxyl groups excluding tert-OH is 1. The molecule has 3 nitrogen and oxygen atoms in total. The highest BCUT2D eigenvalue weighted by atomic mass is 19.1. The van der Waals surface area contributed by atoms with Gasteiger partial charge in [-0.3, -0.25) is 0 Å². The minimum Gasteiger partial charge on any atom is -0.385 e. The molecular formula is C10H15FN2O. The molecular weight excluding hydrogens is 183 g/mol. The van der Waals surface area contributed by atoms with Gasteiger partial charge in [-0.1, -0.05) is 19.9 Å². The lowest BCUT2D eigenvalue weighted by atomic mass is 9.97. The van der Waals surface area contributed by atoms with E-state index in [-0.39, 0.29) is 11.6 Å². The summed E-state index contributed by atoms with van der Waals surface area (Å²) in [4.78, 5) is 3.58. The van der Waals surface area contributed by atoms with E-state index in [1.54, 1.807) is 6.07 Å². The average Bonchev–Trinajstić information content (AvgIpc) is 2.15. The highest BCUT2D eigenvalue weighted by Gasteiger charge is 2.21. The topological polar surface area (TPSA) is 59.1 Å². The summed E-state index contributed by atoms with van der Waals surface area (Å²) in [5.74, 6) is -0.479. The summed E-state index contributed by atoms with van der Waals surface area (Å²) < 4.78 is 12.7. The van der Waals surface area contributed by atoms with Crippen LogP contribution >= 0.6 is 0 Å². The number of pyridine rings is 1. The highest BCUT2D eigenvalue weighted by Crippen LogP contribution is 2.18. The van der Waals surface area contributed by atoms with E-state index in [0.29, 0.717) is 0 Å². The maximum Gasteiger partial charge on any atom is 0.213 e. The van der Waals surface area contributed by atoms with Crippen LogP contribution < -0.4 is 5.73 Å². The largest absolute Gasteiger partial charge is 0.385 e. The van der Waals surface area contributed by atoms with Gasteiger partial charge in [-0.05, 0) is 18.1 Å². The molecule has 1 aromatic rings. The zero-order chi connectivity index (χ0) is 10.7. The Kier molecular flexibility index (Phi) is 3.55. The Morgan fingerprint density at radius 3 is 2.57 bits per heavy atom. The number of aliphatic hydroxyl groups is 1. The lowest BCUT2D eigenvalue weighted by Crippen LogP contribution is -2.34. The number of hydrogen-bond donors (Lipinski definition) is 2. The van der Waals surface area contributed by atoms with Crippen LogP contribution in [-0.2, 0) is 0 Å². The molecule has 78 valence electrons. The zero-order valence-electron chi connectivity index (χ0n) is 8.31. The summed E-state index contributed by atoms with van der Waals surface area (Å²) in [6.45, 7) is 3.79. The molecule has 4 heteroatoms. The Morgan fingerprint density at radius 2 is 2.07 bits per heavy atom. The molecule has 0 saturated heterocycles. The third kappa shape index (κ3) is 2.49. The van der Waals surface area contributed by atoms with Crippen LogP contribution in [0.4, 0.5) is 4.39 Å². The summed E-state index contributed by atoms with van der Waals surface area (Å²) >= 11 is 0. The van der Waals surface area contributed by atoms with Crippen molar-refractivity contribution in [3.8, 4) is 0 Å². The Morgan fingerprint density at radius 1 is 1.43 bits per heavy atom. The predicted octanol–water partition coefficient (Wildman–Crippen LogP) is 1.24. The summed E-state index contributed by atoms with van der Waals surface area (Å²) in [6, 6.07) is 3.88. The van der Waals surface area contributed by atoms with E-state index in [0.717, 1.165) is 0 Å². The molecule has 1 rings (SSSR count). The normalized spacial score (nSPS) is 15.6. The summed E-state index contributed by atoms with van der Waals surface area (Å²) in [5.41, 5.74) is 6.01. The minimum absolute atomic E-state index is 0.120. The van der Waals surface area contributed by atoms with Crippen molar-refractivity contribution in [3.63, 3.8) is 0 Å². The number of aromatic nitrogens is 1. The molecule has 2 unspecified atom stereocenters. The van der Waals surface area contributed by atoms with Crippen LogP contribution in [0.1, 0.15) is 25.6 Å². The zero-order valence-corrected chi connectivity index (χ0v) is 8.31. The molecule has 2 atom stereocenters. The molecule has 0 aliphatic rings. The van der Waals surface area contributed by atoms with Gasteiger partial charge in [-0.2, -0.15) is 4.39 Å². The van der Waals surface area contributed by atoms with Gasteiger partial charge in [0.2, 0.25) is 5.95 Å². The van der Waals surface area contributed by atoms with Crippen LogP contribution in [-0.4, -0.2) is 16.1 Å². The molecule has 3 N–H and O–H groups in total. The fourth-order valence-corrected chi connectivity index (χ4v) is 1.15. The van der Waals surface area contributed by atoms with Gasteiger partial charge in [0, 0.05) is 6.04 Å². The van der Waals surface area contributed by atoms with Gasteiger partial charge in [0.15, 0.2) is 0 Å². The van der Waals surface area contributed by atoms with Crippen molar-refractivity contribution < 1.29 is 9.50 Å². The summed E-state index contributed by atoms with van der Waals surface area (Å²) in [6.07, 6.45) is -0.911. The van der Waals surface area contributed by atoms with Crippen LogP contribution in [0.15, 0.2) is 18.2 Å². The molecule has 0 bridgehead atoms. The maximum absolute atomic E-state index is 12.7. The van der Waals surface area contributed by atoms with Crippen LogP contribution in [0.5, 0.6) is 0 Å². The predicted molar refractivity (Wildman–Crippen MR) is 52.0 cm³/mol. The monoisotopic (exact) mass is 198 g/mol. The second-order valence-corrected chi connectivity index (χ2v) is 3.65. The van der Waals surface area contributed by atoms with E-state index in [1.807, 2.05) is 13.8 Å². The fraction of sp³-hybridized carbons (Fsp3) is 0.500. The van der Waals surface area contributed by atoms with Gasteiger partial charge in [0.1, 0.15) is 6.10 Å². The Balaban J connectivity index is 2.83. The first-order chi connectivity index (χ1) is 6.52. The average molecular weight is 198 g/mol. The second kappa shape index (κ2) is 4.48. The molecule has 0 radical (unpaired) electrons. The number of nitrogens with two attached hydrogens (primary N) is 1. The lowest BCUT2D eigenvalue weighted by Gasteiger charge is -2.21. The second-order valence-electron chi connectivity index (χ2n) is 3.65. The van der Waals surface area contributed by atoms with E-state index >= 15 is 0 Å². The third-order valence-corrected chi connectivity index (χ3v) is 2.17. The van der Waals surface area contributed by atoms with Crippen molar-refractivity contribution in [2.24, 2.45) is 11.7 Å².